The minimum Gasteiger partial charge on any atom is -0.382 e. The highest BCUT2D eigenvalue weighted by Gasteiger charge is 2.36. The Balaban J connectivity index is 2.60. The van der Waals surface area contributed by atoms with Crippen molar-refractivity contribution in [1.29, 1.82) is 0 Å². The largest absolute Gasteiger partial charge is 0.433 e. The Kier molecular flexibility index (Phi) is 2.57. The van der Waals surface area contributed by atoms with Gasteiger partial charge in [-0.3, -0.25) is 0 Å². The van der Waals surface area contributed by atoms with Gasteiger partial charge in [0.05, 0.1) is 5.69 Å². The Morgan fingerprint density at radius 3 is 2.53 bits per heavy atom. The Labute approximate surface area is 95.7 Å². The summed E-state index contributed by atoms with van der Waals surface area (Å²) in [4.78, 5) is 0. The summed E-state index contributed by atoms with van der Waals surface area (Å²) >= 11 is 0. The number of aryl methyl sites for hydroxylation is 1. The molecule has 0 saturated carbocycles. The standard InChI is InChI=1S/C11H10F3N3/c1-7-3-2-4-8(5-7)17-9(11(12,13)14)6-10(15)16-17/h2-6H,1H3,(H2,15,16). The number of rotatable bonds is 1. The van der Waals surface area contributed by atoms with Crippen LogP contribution in [0.4, 0.5) is 19.0 Å². The second-order valence-electron chi connectivity index (χ2n) is 3.70. The minimum absolute atomic E-state index is 0.154. The molecule has 0 bridgehead atoms. The lowest BCUT2D eigenvalue weighted by atomic mass is 10.2. The number of hydrogen-bond donors (Lipinski definition) is 1. The predicted octanol–water partition coefficient (Wildman–Crippen LogP) is 2.78. The quantitative estimate of drug-likeness (QED) is 0.834. The molecule has 0 atom stereocenters. The van der Waals surface area contributed by atoms with Crippen molar-refractivity contribution < 1.29 is 13.2 Å². The molecular weight excluding hydrogens is 231 g/mol. The molecule has 0 fully saturated rings. The zero-order valence-electron chi connectivity index (χ0n) is 8.99. The molecule has 0 saturated heterocycles. The number of hydrogen-bond acceptors (Lipinski definition) is 2. The molecule has 90 valence electrons. The van der Waals surface area contributed by atoms with Gasteiger partial charge in [-0.15, -0.1) is 0 Å². The van der Waals surface area contributed by atoms with Crippen LogP contribution in [0, 0.1) is 6.92 Å². The second-order valence-corrected chi connectivity index (χ2v) is 3.70. The number of nitrogens with two attached hydrogens (primary N) is 1. The average Bonchev–Trinajstić information content (AvgIpc) is 2.60. The van der Waals surface area contributed by atoms with Crippen LogP contribution in [0.5, 0.6) is 0 Å². The number of anilines is 1. The molecule has 2 N–H and O–H groups in total. The van der Waals surface area contributed by atoms with Crippen molar-refractivity contribution in [2.75, 3.05) is 5.73 Å². The van der Waals surface area contributed by atoms with E-state index in [1.807, 2.05) is 0 Å². The van der Waals surface area contributed by atoms with Crippen molar-refractivity contribution in [3.63, 3.8) is 0 Å². The van der Waals surface area contributed by atoms with Crippen LogP contribution in [-0.4, -0.2) is 9.78 Å². The van der Waals surface area contributed by atoms with Gasteiger partial charge in [-0.25, -0.2) is 4.68 Å². The highest BCUT2D eigenvalue weighted by molar-refractivity contribution is 5.41. The molecule has 2 rings (SSSR count). The van der Waals surface area contributed by atoms with E-state index in [1.165, 1.54) is 0 Å². The van der Waals surface area contributed by atoms with E-state index in [1.54, 1.807) is 31.2 Å². The maximum absolute atomic E-state index is 12.7. The van der Waals surface area contributed by atoms with Crippen LogP contribution in [-0.2, 0) is 6.18 Å². The molecule has 2 aromatic rings. The third-order valence-corrected chi connectivity index (χ3v) is 2.26. The molecule has 0 aliphatic heterocycles. The smallest absolute Gasteiger partial charge is 0.382 e. The molecule has 0 aliphatic rings. The molecule has 0 unspecified atom stereocenters. The number of halogens is 3. The van der Waals surface area contributed by atoms with E-state index in [9.17, 15) is 13.2 Å². The van der Waals surface area contributed by atoms with Gasteiger partial charge in [0.25, 0.3) is 0 Å². The van der Waals surface area contributed by atoms with Gasteiger partial charge in [0.1, 0.15) is 11.5 Å². The average molecular weight is 241 g/mol. The monoisotopic (exact) mass is 241 g/mol. The molecule has 1 heterocycles. The summed E-state index contributed by atoms with van der Waals surface area (Å²) in [6.07, 6.45) is -4.48. The van der Waals surface area contributed by atoms with Crippen LogP contribution in [0.2, 0.25) is 0 Å². The van der Waals surface area contributed by atoms with E-state index in [-0.39, 0.29) is 5.82 Å². The van der Waals surface area contributed by atoms with Gasteiger partial charge in [0.2, 0.25) is 0 Å². The van der Waals surface area contributed by atoms with Crippen molar-refractivity contribution >= 4 is 5.82 Å². The van der Waals surface area contributed by atoms with Crippen molar-refractivity contribution in [1.82, 2.24) is 9.78 Å². The SMILES string of the molecule is Cc1cccc(-n2nc(N)cc2C(F)(F)F)c1. The Bertz CT molecular complexity index is 543. The van der Waals surface area contributed by atoms with Gasteiger partial charge in [0.15, 0.2) is 0 Å². The molecule has 0 radical (unpaired) electrons. The summed E-state index contributed by atoms with van der Waals surface area (Å²) in [6.45, 7) is 1.80. The molecule has 6 heteroatoms. The van der Waals surface area contributed by atoms with Crippen LogP contribution in [0.25, 0.3) is 5.69 Å². The Hall–Kier alpha value is -1.98. The highest BCUT2D eigenvalue weighted by atomic mass is 19.4. The van der Waals surface area contributed by atoms with Crippen molar-refractivity contribution in [2.45, 2.75) is 13.1 Å². The van der Waals surface area contributed by atoms with E-state index in [0.29, 0.717) is 5.69 Å². The number of alkyl halides is 3. The summed E-state index contributed by atoms with van der Waals surface area (Å²) in [5.74, 6) is -0.154. The van der Waals surface area contributed by atoms with E-state index in [4.69, 9.17) is 5.73 Å². The fourth-order valence-corrected chi connectivity index (χ4v) is 1.56. The second kappa shape index (κ2) is 3.80. The Morgan fingerprint density at radius 1 is 1.24 bits per heavy atom. The van der Waals surface area contributed by atoms with E-state index in [0.717, 1.165) is 16.3 Å². The first kappa shape index (κ1) is 11.5. The molecule has 3 nitrogen and oxygen atoms in total. The van der Waals surface area contributed by atoms with Gasteiger partial charge in [-0.05, 0) is 24.6 Å². The summed E-state index contributed by atoms with van der Waals surface area (Å²) < 4.78 is 39.0. The third-order valence-electron chi connectivity index (χ3n) is 2.26. The Morgan fingerprint density at radius 2 is 1.94 bits per heavy atom. The molecule has 1 aromatic carbocycles. The maximum Gasteiger partial charge on any atom is 0.433 e. The molecule has 0 aliphatic carbocycles. The summed E-state index contributed by atoms with van der Waals surface area (Å²) in [5, 5.41) is 3.66. The first-order valence-electron chi connectivity index (χ1n) is 4.88. The molecule has 1 aromatic heterocycles. The lowest BCUT2D eigenvalue weighted by Gasteiger charge is -2.10. The van der Waals surface area contributed by atoms with Crippen LogP contribution in [0.3, 0.4) is 0 Å². The van der Waals surface area contributed by atoms with Gasteiger partial charge >= 0.3 is 6.18 Å². The van der Waals surface area contributed by atoms with Gasteiger partial charge in [-0.1, -0.05) is 12.1 Å². The van der Waals surface area contributed by atoms with Crippen molar-refractivity contribution in [2.24, 2.45) is 0 Å². The normalized spacial score (nSPS) is 11.8. The van der Waals surface area contributed by atoms with Gasteiger partial charge in [0, 0.05) is 6.07 Å². The number of nitrogens with zero attached hydrogens (tertiary/aromatic N) is 2. The summed E-state index contributed by atoms with van der Waals surface area (Å²) in [5.41, 5.74) is 5.64. The van der Waals surface area contributed by atoms with Crippen molar-refractivity contribution in [3.05, 3.63) is 41.6 Å². The number of aromatic nitrogens is 2. The van der Waals surface area contributed by atoms with E-state index in [2.05, 4.69) is 5.10 Å². The topological polar surface area (TPSA) is 43.8 Å². The van der Waals surface area contributed by atoms with E-state index >= 15 is 0 Å². The highest BCUT2D eigenvalue weighted by Crippen LogP contribution is 2.32. The zero-order chi connectivity index (χ0) is 12.6. The fourth-order valence-electron chi connectivity index (χ4n) is 1.56. The first-order chi connectivity index (χ1) is 7.88. The van der Waals surface area contributed by atoms with Gasteiger partial charge in [-0.2, -0.15) is 18.3 Å². The predicted molar refractivity (Wildman–Crippen MR) is 57.7 cm³/mol. The minimum atomic E-state index is -4.48. The third kappa shape index (κ3) is 2.25. The molecule has 0 amide bonds. The number of nitrogen functional groups attached to an aromatic ring is 1. The van der Waals surface area contributed by atoms with Crippen molar-refractivity contribution in [3.8, 4) is 5.69 Å². The fraction of sp³-hybridized carbons (Fsp3) is 0.182. The van der Waals surface area contributed by atoms with Crippen LogP contribution >= 0.6 is 0 Å². The maximum atomic E-state index is 12.7. The van der Waals surface area contributed by atoms with Crippen LogP contribution in [0.1, 0.15) is 11.3 Å². The first-order valence-corrected chi connectivity index (χ1v) is 4.88. The molecular formula is C11H10F3N3. The lowest BCUT2D eigenvalue weighted by molar-refractivity contribution is -0.142. The van der Waals surface area contributed by atoms with E-state index < -0.39 is 11.9 Å². The zero-order valence-corrected chi connectivity index (χ0v) is 8.99. The summed E-state index contributed by atoms with van der Waals surface area (Å²) in [7, 11) is 0. The molecule has 17 heavy (non-hydrogen) atoms. The lowest BCUT2D eigenvalue weighted by Crippen LogP contribution is -2.13. The summed E-state index contributed by atoms with van der Waals surface area (Å²) in [6, 6.07) is 7.45. The van der Waals surface area contributed by atoms with Crippen LogP contribution < -0.4 is 5.73 Å². The molecule has 0 spiro atoms. The number of benzene rings is 1. The van der Waals surface area contributed by atoms with Crippen LogP contribution in [0.15, 0.2) is 30.3 Å². The van der Waals surface area contributed by atoms with Gasteiger partial charge < -0.3 is 5.73 Å².